The number of rotatable bonds is 2. The van der Waals surface area contributed by atoms with Gasteiger partial charge in [0.2, 0.25) is 8.32 Å². The van der Waals surface area contributed by atoms with Crippen LogP contribution in [0.5, 0.6) is 5.75 Å². The summed E-state index contributed by atoms with van der Waals surface area (Å²) in [5.41, 5.74) is 6.54. The molecule has 0 aliphatic carbocycles. The van der Waals surface area contributed by atoms with E-state index in [1.807, 2.05) is 24.3 Å². The highest BCUT2D eigenvalue weighted by Gasteiger charge is 2.16. The first-order valence-corrected chi connectivity index (χ1v) is 8.83. The Morgan fingerprint density at radius 2 is 1.56 bits per heavy atom. The van der Waals surface area contributed by atoms with E-state index >= 15 is 0 Å². The maximum Gasteiger partial charge on any atom is 0.242 e. The zero-order chi connectivity index (χ0) is 11.8. The fourth-order valence-electron chi connectivity index (χ4n) is 1.66. The molecule has 3 heteroatoms. The van der Waals surface area contributed by atoms with Crippen LogP contribution in [0.25, 0.3) is 10.8 Å². The lowest BCUT2D eigenvalue weighted by molar-refractivity contribution is 0.558. The third-order valence-electron chi connectivity index (χ3n) is 2.26. The molecule has 0 aliphatic rings. The van der Waals surface area contributed by atoms with Crippen LogP contribution in [-0.4, -0.2) is 8.32 Å². The molecule has 0 bridgehead atoms. The van der Waals surface area contributed by atoms with E-state index in [0.717, 1.165) is 16.8 Å². The van der Waals surface area contributed by atoms with Crippen LogP contribution >= 0.6 is 0 Å². The molecular weight excluding hydrogens is 214 g/mol. The molecule has 0 saturated carbocycles. The largest absolute Gasteiger partial charge is 0.544 e. The fourth-order valence-corrected chi connectivity index (χ4v) is 2.49. The van der Waals surface area contributed by atoms with Crippen LogP contribution < -0.4 is 10.2 Å². The van der Waals surface area contributed by atoms with Crippen molar-refractivity contribution >= 4 is 24.8 Å². The summed E-state index contributed by atoms with van der Waals surface area (Å²) < 4.78 is 5.95. The Kier molecular flexibility index (Phi) is 2.64. The van der Waals surface area contributed by atoms with Crippen LogP contribution in [0.4, 0.5) is 5.69 Å². The van der Waals surface area contributed by atoms with E-state index in [-0.39, 0.29) is 0 Å². The molecule has 16 heavy (non-hydrogen) atoms. The molecule has 0 saturated heterocycles. The Labute approximate surface area is 97.2 Å². The van der Waals surface area contributed by atoms with Crippen molar-refractivity contribution in [3.8, 4) is 5.75 Å². The third kappa shape index (κ3) is 2.55. The van der Waals surface area contributed by atoms with Crippen LogP contribution in [0.3, 0.4) is 0 Å². The summed E-state index contributed by atoms with van der Waals surface area (Å²) in [7, 11) is -1.52. The van der Waals surface area contributed by atoms with Gasteiger partial charge >= 0.3 is 0 Å². The van der Waals surface area contributed by atoms with Crippen molar-refractivity contribution in [2.45, 2.75) is 19.6 Å². The van der Waals surface area contributed by atoms with Crippen LogP contribution in [0.15, 0.2) is 36.4 Å². The molecule has 2 nitrogen and oxygen atoms in total. The molecule has 84 valence electrons. The Balaban J connectivity index is 2.41. The van der Waals surface area contributed by atoms with Gasteiger partial charge in [-0.05, 0) is 54.7 Å². The van der Waals surface area contributed by atoms with E-state index in [1.54, 1.807) is 0 Å². The number of nitrogens with two attached hydrogens (primary N) is 1. The monoisotopic (exact) mass is 231 g/mol. The molecule has 0 aromatic heterocycles. The van der Waals surface area contributed by atoms with Gasteiger partial charge in [0.15, 0.2) is 0 Å². The van der Waals surface area contributed by atoms with Crippen molar-refractivity contribution in [1.82, 2.24) is 0 Å². The zero-order valence-corrected chi connectivity index (χ0v) is 10.9. The van der Waals surface area contributed by atoms with Crippen LogP contribution in [-0.2, 0) is 0 Å². The van der Waals surface area contributed by atoms with Gasteiger partial charge in [0.05, 0.1) is 0 Å². The molecule has 2 N–H and O–H groups in total. The fraction of sp³-hybridized carbons (Fsp3) is 0.231. The van der Waals surface area contributed by atoms with Crippen molar-refractivity contribution in [2.24, 2.45) is 0 Å². The highest BCUT2D eigenvalue weighted by atomic mass is 28.4. The zero-order valence-electron chi connectivity index (χ0n) is 9.95. The second-order valence-corrected chi connectivity index (χ2v) is 9.41. The smallest absolute Gasteiger partial charge is 0.242 e. The number of hydrogen-bond acceptors (Lipinski definition) is 2. The molecule has 2 rings (SSSR count). The highest BCUT2D eigenvalue weighted by Crippen LogP contribution is 2.24. The summed E-state index contributed by atoms with van der Waals surface area (Å²) in [6.07, 6.45) is 0. The van der Waals surface area contributed by atoms with Gasteiger partial charge in [-0.2, -0.15) is 0 Å². The van der Waals surface area contributed by atoms with Gasteiger partial charge < -0.3 is 10.2 Å². The lowest BCUT2D eigenvalue weighted by atomic mass is 10.1. The van der Waals surface area contributed by atoms with Crippen molar-refractivity contribution in [1.29, 1.82) is 0 Å². The summed E-state index contributed by atoms with van der Waals surface area (Å²) in [4.78, 5) is 0. The molecule has 0 aliphatic heterocycles. The maximum absolute atomic E-state index is 5.95. The highest BCUT2D eigenvalue weighted by molar-refractivity contribution is 6.70. The summed E-state index contributed by atoms with van der Waals surface area (Å²) in [5.74, 6) is 0.955. The minimum absolute atomic E-state index is 0.798. The number of fused-ring (bicyclic) bond motifs is 1. The molecule has 0 spiro atoms. The van der Waals surface area contributed by atoms with Crippen LogP contribution in [0, 0.1) is 0 Å². The lowest BCUT2D eigenvalue weighted by Gasteiger charge is -2.19. The first-order chi connectivity index (χ1) is 7.44. The molecule has 2 aromatic rings. The van der Waals surface area contributed by atoms with Crippen molar-refractivity contribution in [3.63, 3.8) is 0 Å². The van der Waals surface area contributed by atoms with E-state index in [4.69, 9.17) is 10.2 Å². The minimum Gasteiger partial charge on any atom is -0.544 e. The predicted octanol–water partition coefficient (Wildman–Crippen LogP) is 3.64. The van der Waals surface area contributed by atoms with Crippen molar-refractivity contribution in [3.05, 3.63) is 36.4 Å². The number of nitrogen functional groups attached to an aromatic ring is 1. The number of benzene rings is 2. The summed E-state index contributed by atoms with van der Waals surface area (Å²) in [6, 6.07) is 12.1. The molecular formula is C13H17NOSi. The Morgan fingerprint density at radius 3 is 2.25 bits per heavy atom. The standard InChI is InChI=1S/C13H17NOSi/c1-16(2,3)15-13-7-5-10-8-12(14)6-4-11(10)9-13/h4-9H,14H2,1-3H3. The minimum atomic E-state index is -1.52. The predicted molar refractivity (Wildman–Crippen MR) is 72.3 cm³/mol. The lowest BCUT2D eigenvalue weighted by Crippen LogP contribution is -2.29. The topological polar surface area (TPSA) is 35.2 Å². The van der Waals surface area contributed by atoms with E-state index < -0.39 is 8.32 Å². The molecule has 0 heterocycles. The van der Waals surface area contributed by atoms with Gasteiger partial charge in [-0.3, -0.25) is 0 Å². The average Bonchev–Trinajstić information content (AvgIpc) is 2.16. The van der Waals surface area contributed by atoms with E-state index in [0.29, 0.717) is 0 Å². The molecule has 0 fully saturated rings. The summed E-state index contributed by atoms with van der Waals surface area (Å²) in [6.45, 7) is 6.54. The van der Waals surface area contributed by atoms with Gasteiger partial charge in [-0.15, -0.1) is 0 Å². The molecule has 0 atom stereocenters. The van der Waals surface area contributed by atoms with Crippen LogP contribution in [0.2, 0.25) is 19.6 Å². The first kappa shape index (κ1) is 11.0. The maximum atomic E-state index is 5.95. The number of anilines is 1. The second-order valence-electron chi connectivity index (χ2n) is 4.98. The van der Waals surface area contributed by atoms with E-state index in [2.05, 4.69) is 31.8 Å². The van der Waals surface area contributed by atoms with E-state index in [9.17, 15) is 0 Å². The normalized spacial score (nSPS) is 11.7. The SMILES string of the molecule is C[Si](C)(C)Oc1ccc2cc(N)ccc2c1. The molecule has 0 unspecified atom stereocenters. The third-order valence-corrected chi connectivity index (χ3v) is 3.11. The van der Waals surface area contributed by atoms with Gasteiger partial charge in [0, 0.05) is 5.69 Å². The summed E-state index contributed by atoms with van der Waals surface area (Å²) in [5, 5.41) is 2.33. The van der Waals surface area contributed by atoms with Crippen molar-refractivity contribution < 1.29 is 4.43 Å². The second kappa shape index (κ2) is 3.83. The molecule has 2 aromatic carbocycles. The quantitative estimate of drug-likeness (QED) is 0.632. The van der Waals surface area contributed by atoms with Gasteiger partial charge in [-0.1, -0.05) is 12.1 Å². The molecule has 0 amide bonds. The van der Waals surface area contributed by atoms with Gasteiger partial charge in [0.1, 0.15) is 5.75 Å². The Morgan fingerprint density at radius 1 is 0.938 bits per heavy atom. The average molecular weight is 231 g/mol. The molecule has 0 radical (unpaired) electrons. The van der Waals surface area contributed by atoms with Crippen LogP contribution in [0.1, 0.15) is 0 Å². The van der Waals surface area contributed by atoms with E-state index in [1.165, 1.54) is 5.39 Å². The summed E-state index contributed by atoms with van der Waals surface area (Å²) >= 11 is 0. The first-order valence-electron chi connectivity index (χ1n) is 5.42. The van der Waals surface area contributed by atoms with Gasteiger partial charge in [-0.25, -0.2) is 0 Å². The Bertz CT molecular complexity index is 517. The number of hydrogen-bond donors (Lipinski definition) is 1. The Hall–Kier alpha value is -1.48. The van der Waals surface area contributed by atoms with Crippen molar-refractivity contribution in [2.75, 3.05) is 5.73 Å². The van der Waals surface area contributed by atoms with Gasteiger partial charge in [0.25, 0.3) is 0 Å².